The minimum absolute atomic E-state index is 0.329. The molecule has 1 saturated carbocycles. The second-order valence-electron chi connectivity index (χ2n) is 4.31. The van der Waals surface area contributed by atoms with Gasteiger partial charge in [-0.1, -0.05) is 12.8 Å². The number of nitrogens with one attached hydrogen (secondary N) is 1. The number of rotatable bonds is 1. The molecule has 2 heteroatoms. The lowest BCUT2D eigenvalue weighted by atomic mass is 9.73. The van der Waals surface area contributed by atoms with Gasteiger partial charge in [0.15, 0.2) is 0 Å². The van der Waals surface area contributed by atoms with E-state index in [0.29, 0.717) is 6.04 Å². The first-order chi connectivity index (χ1) is 5.81. The summed E-state index contributed by atoms with van der Waals surface area (Å²) >= 11 is 0. The van der Waals surface area contributed by atoms with Crippen LogP contribution in [0.15, 0.2) is 0 Å². The third kappa shape index (κ3) is 1.50. The van der Waals surface area contributed by atoms with Crippen LogP contribution in [0.1, 0.15) is 44.9 Å². The molecule has 0 amide bonds. The molecule has 2 rings (SSSR count). The molecular weight excluding hydrogens is 150 g/mol. The molecule has 0 aromatic rings. The van der Waals surface area contributed by atoms with Gasteiger partial charge < -0.3 is 10.4 Å². The van der Waals surface area contributed by atoms with Crippen molar-refractivity contribution in [1.82, 2.24) is 5.32 Å². The van der Waals surface area contributed by atoms with Gasteiger partial charge in [-0.15, -0.1) is 0 Å². The van der Waals surface area contributed by atoms with E-state index in [-0.39, 0.29) is 5.60 Å². The molecule has 0 aromatic heterocycles. The van der Waals surface area contributed by atoms with E-state index >= 15 is 0 Å². The van der Waals surface area contributed by atoms with Crippen LogP contribution in [-0.4, -0.2) is 23.3 Å². The zero-order valence-electron chi connectivity index (χ0n) is 7.68. The van der Waals surface area contributed by atoms with Crippen LogP contribution < -0.4 is 5.32 Å². The molecule has 2 N–H and O–H groups in total. The van der Waals surface area contributed by atoms with Gasteiger partial charge in [0.05, 0.1) is 5.60 Å². The summed E-state index contributed by atoms with van der Waals surface area (Å²) in [4.78, 5) is 0. The van der Waals surface area contributed by atoms with Crippen molar-refractivity contribution in [2.75, 3.05) is 6.54 Å². The van der Waals surface area contributed by atoms with Crippen molar-refractivity contribution in [3.63, 3.8) is 0 Å². The van der Waals surface area contributed by atoms with Crippen molar-refractivity contribution in [3.8, 4) is 0 Å². The summed E-state index contributed by atoms with van der Waals surface area (Å²) in [6, 6.07) is 0.397. The maximum absolute atomic E-state index is 10.1. The molecule has 0 radical (unpaired) electrons. The lowest BCUT2D eigenvalue weighted by molar-refractivity contribution is -0.0657. The molecule has 1 saturated heterocycles. The van der Waals surface area contributed by atoms with Crippen LogP contribution in [0.3, 0.4) is 0 Å². The first-order valence-corrected chi connectivity index (χ1v) is 5.27. The second kappa shape index (κ2) is 3.35. The topological polar surface area (TPSA) is 32.3 Å². The van der Waals surface area contributed by atoms with Gasteiger partial charge in [0.1, 0.15) is 0 Å². The smallest absolute Gasteiger partial charge is 0.0800 e. The SMILES string of the molecule is OC1(C2CCCCCN2)CCC1. The number of hydrogen-bond acceptors (Lipinski definition) is 2. The van der Waals surface area contributed by atoms with Gasteiger partial charge in [-0.3, -0.25) is 0 Å². The van der Waals surface area contributed by atoms with Crippen LogP contribution in [0.4, 0.5) is 0 Å². The predicted octanol–water partition coefficient (Wildman–Crippen LogP) is 1.43. The Bertz CT molecular complexity index is 146. The van der Waals surface area contributed by atoms with Crippen molar-refractivity contribution in [3.05, 3.63) is 0 Å². The van der Waals surface area contributed by atoms with Crippen LogP contribution in [-0.2, 0) is 0 Å². The molecule has 1 aliphatic carbocycles. The Balaban J connectivity index is 1.91. The third-order valence-electron chi connectivity index (χ3n) is 3.43. The Hall–Kier alpha value is -0.0800. The summed E-state index contributed by atoms with van der Waals surface area (Å²) in [6.07, 6.45) is 8.34. The fourth-order valence-electron chi connectivity index (χ4n) is 2.37. The molecule has 1 atom stereocenters. The molecule has 70 valence electrons. The molecular formula is C10H19NO. The number of aliphatic hydroxyl groups is 1. The monoisotopic (exact) mass is 169 g/mol. The Morgan fingerprint density at radius 2 is 1.92 bits per heavy atom. The first-order valence-electron chi connectivity index (χ1n) is 5.27. The Labute approximate surface area is 74.4 Å². The van der Waals surface area contributed by atoms with Crippen LogP contribution in [0.5, 0.6) is 0 Å². The summed E-state index contributed by atoms with van der Waals surface area (Å²) in [6.45, 7) is 1.10. The fraction of sp³-hybridized carbons (Fsp3) is 1.00. The molecule has 1 aliphatic heterocycles. The molecule has 1 unspecified atom stereocenters. The Morgan fingerprint density at radius 1 is 1.08 bits per heavy atom. The van der Waals surface area contributed by atoms with Crippen LogP contribution >= 0.6 is 0 Å². The van der Waals surface area contributed by atoms with E-state index in [1.807, 2.05) is 0 Å². The van der Waals surface area contributed by atoms with Crippen molar-refractivity contribution < 1.29 is 5.11 Å². The largest absolute Gasteiger partial charge is 0.388 e. The summed E-state index contributed by atoms with van der Waals surface area (Å²) in [5, 5.41) is 13.6. The molecule has 2 fully saturated rings. The number of hydrogen-bond donors (Lipinski definition) is 2. The second-order valence-corrected chi connectivity index (χ2v) is 4.31. The summed E-state index contributed by atoms with van der Waals surface area (Å²) in [5.74, 6) is 0. The molecule has 12 heavy (non-hydrogen) atoms. The van der Waals surface area contributed by atoms with Crippen molar-refractivity contribution >= 4 is 0 Å². The van der Waals surface area contributed by atoms with Gasteiger partial charge in [-0.05, 0) is 38.6 Å². The summed E-state index contributed by atoms with van der Waals surface area (Å²) in [5.41, 5.74) is -0.329. The van der Waals surface area contributed by atoms with E-state index in [9.17, 15) is 5.11 Å². The predicted molar refractivity (Wildman–Crippen MR) is 49.1 cm³/mol. The normalized spacial score (nSPS) is 35.2. The van der Waals surface area contributed by atoms with E-state index in [0.717, 1.165) is 19.4 Å². The van der Waals surface area contributed by atoms with Crippen molar-refractivity contribution in [1.29, 1.82) is 0 Å². The molecule has 0 spiro atoms. The average molecular weight is 169 g/mol. The summed E-state index contributed by atoms with van der Waals surface area (Å²) in [7, 11) is 0. The van der Waals surface area contributed by atoms with E-state index in [4.69, 9.17) is 0 Å². The third-order valence-corrected chi connectivity index (χ3v) is 3.43. The molecule has 0 bridgehead atoms. The highest BCUT2D eigenvalue weighted by molar-refractivity contribution is 4.98. The standard InChI is InChI=1S/C10H19NO/c12-10(6-4-7-10)9-5-2-1-3-8-11-9/h9,11-12H,1-8H2. The van der Waals surface area contributed by atoms with Gasteiger partial charge in [-0.25, -0.2) is 0 Å². The highest BCUT2D eigenvalue weighted by Gasteiger charge is 2.41. The van der Waals surface area contributed by atoms with Crippen molar-refractivity contribution in [2.45, 2.75) is 56.6 Å². The maximum atomic E-state index is 10.1. The zero-order chi connectivity index (χ0) is 8.44. The van der Waals surface area contributed by atoms with Gasteiger partial charge >= 0.3 is 0 Å². The van der Waals surface area contributed by atoms with Gasteiger partial charge in [0.25, 0.3) is 0 Å². The van der Waals surface area contributed by atoms with E-state index in [2.05, 4.69) is 5.32 Å². The van der Waals surface area contributed by atoms with Gasteiger partial charge in [0.2, 0.25) is 0 Å². The van der Waals surface area contributed by atoms with Gasteiger partial charge in [-0.2, -0.15) is 0 Å². The zero-order valence-corrected chi connectivity index (χ0v) is 7.68. The van der Waals surface area contributed by atoms with E-state index in [1.165, 1.54) is 32.1 Å². The quantitative estimate of drug-likeness (QED) is 0.622. The van der Waals surface area contributed by atoms with Crippen molar-refractivity contribution in [2.24, 2.45) is 0 Å². The molecule has 2 nitrogen and oxygen atoms in total. The Kier molecular flexibility index (Phi) is 2.37. The lowest BCUT2D eigenvalue weighted by Gasteiger charge is -2.43. The van der Waals surface area contributed by atoms with Crippen LogP contribution in [0.25, 0.3) is 0 Å². The molecule has 2 aliphatic rings. The highest BCUT2D eigenvalue weighted by Crippen LogP contribution is 2.37. The lowest BCUT2D eigenvalue weighted by Crippen LogP contribution is -2.54. The molecule has 1 heterocycles. The highest BCUT2D eigenvalue weighted by atomic mass is 16.3. The van der Waals surface area contributed by atoms with Crippen LogP contribution in [0.2, 0.25) is 0 Å². The maximum Gasteiger partial charge on any atom is 0.0800 e. The average Bonchev–Trinajstić information content (AvgIpc) is 2.27. The first kappa shape index (κ1) is 8.52. The molecule has 0 aromatic carbocycles. The summed E-state index contributed by atoms with van der Waals surface area (Å²) < 4.78 is 0. The van der Waals surface area contributed by atoms with Gasteiger partial charge in [0, 0.05) is 6.04 Å². The fourth-order valence-corrected chi connectivity index (χ4v) is 2.37. The van der Waals surface area contributed by atoms with Crippen LogP contribution in [0, 0.1) is 0 Å². The minimum atomic E-state index is -0.329. The van der Waals surface area contributed by atoms with E-state index in [1.54, 1.807) is 0 Å². The van der Waals surface area contributed by atoms with E-state index < -0.39 is 0 Å². The Morgan fingerprint density at radius 3 is 2.58 bits per heavy atom. The minimum Gasteiger partial charge on any atom is -0.388 e.